The number of nitrogens with one attached hydrogen (secondary N) is 1. The lowest BCUT2D eigenvalue weighted by molar-refractivity contribution is 0.192. The Hall–Kier alpha value is -0.120. The van der Waals surface area contributed by atoms with E-state index in [4.69, 9.17) is 4.74 Å². The van der Waals surface area contributed by atoms with Gasteiger partial charge in [0, 0.05) is 13.7 Å². The second-order valence-corrected chi connectivity index (χ2v) is 4.99. The number of methoxy groups -OCH3 is 1. The van der Waals surface area contributed by atoms with E-state index in [0.717, 1.165) is 19.1 Å². The number of rotatable bonds is 8. The van der Waals surface area contributed by atoms with Crippen molar-refractivity contribution < 1.29 is 4.74 Å². The Labute approximate surface area is 101 Å². The summed E-state index contributed by atoms with van der Waals surface area (Å²) in [6.07, 6.45) is 6.56. The molecule has 0 saturated carbocycles. The molecule has 3 heteroatoms. The lowest BCUT2D eigenvalue weighted by atomic mass is 9.94. The number of ether oxygens (including phenoxy) is 1. The van der Waals surface area contributed by atoms with Crippen molar-refractivity contribution in [3.05, 3.63) is 0 Å². The Balaban J connectivity index is 1.84. The van der Waals surface area contributed by atoms with Crippen molar-refractivity contribution in [1.29, 1.82) is 0 Å². The Kier molecular flexibility index (Phi) is 7.81. The summed E-state index contributed by atoms with van der Waals surface area (Å²) in [5.74, 6) is 0.961. The minimum atomic E-state index is 0.899. The van der Waals surface area contributed by atoms with Gasteiger partial charge in [0.25, 0.3) is 0 Å². The summed E-state index contributed by atoms with van der Waals surface area (Å²) in [7, 11) is 4.00. The van der Waals surface area contributed by atoms with Gasteiger partial charge < -0.3 is 15.0 Å². The zero-order chi connectivity index (χ0) is 11.6. The van der Waals surface area contributed by atoms with E-state index in [1.807, 2.05) is 0 Å². The Bertz CT molecular complexity index is 156. The molecule has 0 radical (unpaired) electrons. The molecule has 1 heterocycles. The van der Waals surface area contributed by atoms with E-state index >= 15 is 0 Å². The van der Waals surface area contributed by atoms with Gasteiger partial charge in [-0.05, 0) is 71.2 Å². The number of hydrogen-bond donors (Lipinski definition) is 1. The van der Waals surface area contributed by atoms with Crippen LogP contribution in [0, 0.1) is 5.92 Å². The maximum absolute atomic E-state index is 5.02. The lowest BCUT2D eigenvalue weighted by Crippen LogP contribution is -2.31. The van der Waals surface area contributed by atoms with Gasteiger partial charge in [0.15, 0.2) is 0 Å². The fourth-order valence-corrected chi connectivity index (χ4v) is 2.28. The highest BCUT2D eigenvalue weighted by atomic mass is 16.5. The molecule has 1 saturated heterocycles. The SMILES string of the molecule is COCCCCNCCC1CCN(C)CC1. The van der Waals surface area contributed by atoms with Gasteiger partial charge in [-0.3, -0.25) is 0 Å². The standard InChI is InChI=1S/C13H28N2O/c1-15-10-6-13(7-11-15)5-9-14-8-3-4-12-16-2/h13-14H,3-12H2,1-2H3. The van der Waals surface area contributed by atoms with Crippen LogP contribution in [0.2, 0.25) is 0 Å². The molecule has 0 aromatic carbocycles. The number of likely N-dealkylation sites (tertiary alicyclic amines) is 1. The van der Waals surface area contributed by atoms with Gasteiger partial charge in [-0.2, -0.15) is 0 Å². The lowest BCUT2D eigenvalue weighted by Gasteiger charge is -2.28. The number of nitrogens with zero attached hydrogens (tertiary/aromatic N) is 1. The number of hydrogen-bond acceptors (Lipinski definition) is 3. The quantitative estimate of drug-likeness (QED) is 0.640. The third-order valence-corrected chi connectivity index (χ3v) is 3.52. The van der Waals surface area contributed by atoms with Gasteiger partial charge >= 0.3 is 0 Å². The fourth-order valence-electron chi connectivity index (χ4n) is 2.28. The highest BCUT2D eigenvalue weighted by Gasteiger charge is 2.15. The summed E-state index contributed by atoms with van der Waals surface area (Å²) in [5.41, 5.74) is 0. The molecule has 0 atom stereocenters. The number of piperidine rings is 1. The second kappa shape index (κ2) is 8.97. The van der Waals surface area contributed by atoms with Crippen molar-refractivity contribution in [3.63, 3.8) is 0 Å². The molecule has 0 bridgehead atoms. The molecule has 0 aromatic heterocycles. The topological polar surface area (TPSA) is 24.5 Å². The van der Waals surface area contributed by atoms with Gasteiger partial charge in [-0.15, -0.1) is 0 Å². The van der Waals surface area contributed by atoms with E-state index in [2.05, 4.69) is 17.3 Å². The van der Waals surface area contributed by atoms with Crippen molar-refractivity contribution in [2.45, 2.75) is 32.1 Å². The molecule has 1 aliphatic heterocycles. The van der Waals surface area contributed by atoms with E-state index in [-0.39, 0.29) is 0 Å². The Morgan fingerprint density at radius 1 is 1.19 bits per heavy atom. The summed E-state index contributed by atoms with van der Waals surface area (Å²) in [6.45, 7) is 5.82. The van der Waals surface area contributed by atoms with Crippen LogP contribution in [0.15, 0.2) is 0 Å². The normalized spacial score (nSPS) is 19.1. The molecule has 0 spiro atoms. The van der Waals surface area contributed by atoms with Gasteiger partial charge in [-0.25, -0.2) is 0 Å². The first-order valence-corrected chi connectivity index (χ1v) is 6.71. The predicted octanol–water partition coefficient (Wildman–Crippen LogP) is 1.73. The first-order chi connectivity index (χ1) is 7.83. The minimum absolute atomic E-state index is 0.899. The molecule has 1 aliphatic rings. The molecule has 1 N–H and O–H groups in total. The average molecular weight is 228 g/mol. The van der Waals surface area contributed by atoms with E-state index in [0.29, 0.717) is 0 Å². The summed E-state index contributed by atoms with van der Waals surface area (Å²) < 4.78 is 5.02. The van der Waals surface area contributed by atoms with Crippen LogP contribution in [0.5, 0.6) is 0 Å². The summed E-state index contributed by atoms with van der Waals surface area (Å²) >= 11 is 0. The monoisotopic (exact) mass is 228 g/mol. The molecule has 96 valence electrons. The van der Waals surface area contributed by atoms with E-state index < -0.39 is 0 Å². The molecule has 0 unspecified atom stereocenters. The van der Waals surface area contributed by atoms with Crippen molar-refractivity contribution in [2.75, 3.05) is 46.9 Å². The Morgan fingerprint density at radius 2 is 1.94 bits per heavy atom. The maximum Gasteiger partial charge on any atom is 0.0462 e. The zero-order valence-corrected chi connectivity index (χ0v) is 11.0. The molecule has 1 rings (SSSR count). The molecule has 16 heavy (non-hydrogen) atoms. The molecule has 0 aliphatic carbocycles. The van der Waals surface area contributed by atoms with Crippen LogP contribution in [-0.2, 0) is 4.74 Å². The van der Waals surface area contributed by atoms with Crippen LogP contribution < -0.4 is 5.32 Å². The molecule has 1 fully saturated rings. The largest absolute Gasteiger partial charge is 0.385 e. The smallest absolute Gasteiger partial charge is 0.0462 e. The third-order valence-electron chi connectivity index (χ3n) is 3.52. The van der Waals surface area contributed by atoms with E-state index in [9.17, 15) is 0 Å². The van der Waals surface area contributed by atoms with Crippen molar-refractivity contribution >= 4 is 0 Å². The van der Waals surface area contributed by atoms with Gasteiger partial charge in [0.1, 0.15) is 0 Å². The predicted molar refractivity (Wildman–Crippen MR) is 68.8 cm³/mol. The summed E-state index contributed by atoms with van der Waals surface area (Å²) in [5, 5.41) is 3.53. The van der Waals surface area contributed by atoms with Crippen molar-refractivity contribution in [3.8, 4) is 0 Å². The van der Waals surface area contributed by atoms with Crippen molar-refractivity contribution in [2.24, 2.45) is 5.92 Å². The molecule has 0 aromatic rings. The summed E-state index contributed by atoms with van der Waals surface area (Å²) in [4.78, 5) is 2.44. The summed E-state index contributed by atoms with van der Waals surface area (Å²) in [6, 6.07) is 0. The third kappa shape index (κ3) is 6.46. The van der Waals surface area contributed by atoms with Crippen molar-refractivity contribution in [1.82, 2.24) is 10.2 Å². The van der Waals surface area contributed by atoms with Gasteiger partial charge in [-0.1, -0.05) is 0 Å². The number of unbranched alkanes of at least 4 members (excludes halogenated alkanes) is 1. The van der Waals surface area contributed by atoms with Gasteiger partial charge in [0.05, 0.1) is 0 Å². The molecule has 3 nitrogen and oxygen atoms in total. The van der Waals surface area contributed by atoms with E-state index in [1.165, 1.54) is 51.7 Å². The minimum Gasteiger partial charge on any atom is -0.385 e. The van der Waals surface area contributed by atoms with Crippen LogP contribution in [-0.4, -0.2) is 51.8 Å². The fraction of sp³-hybridized carbons (Fsp3) is 1.00. The highest BCUT2D eigenvalue weighted by molar-refractivity contribution is 4.70. The second-order valence-electron chi connectivity index (χ2n) is 4.99. The van der Waals surface area contributed by atoms with Crippen LogP contribution in [0.4, 0.5) is 0 Å². The highest BCUT2D eigenvalue weighted by Crippen LogP contribution is 2.18. The van der Waals surface area contributed by atoms with Crippen LogP contribution in [0.25, 0.3) is 0 Å². The van der Waals surface area contributed by atoms with Crippen LogP contribution >= 0.6 is 0 Å². The van der Waals surface area contributed by atoms with Gasteiger partial charge in [0.2, 0.25) is 0 Å². The average Bonchev–Trinajstić information content (AvgIpc) is 2.30. The molecular weight excluding hydrogens is 200 g/mol. The first-order valence-electron chi connectivity index (χ1n) is 6.71. The molecular formula is C13H28N2O. The van der Waals surface area contributed by atoms with Crippen LogP contribution in [0.3, 0.4) is 0 Å². The van der Waals surface area contributed by atoms with E-state index in [1.54, 1.807) is 7.11 Å². The first kappa shape index (κ1) is 13.9. The molecule has 0 amide bonds. The zero-order valence-electron chi connectivity index (χ0n) is 11.0. The van der Waals surface area contributed by atoms with Crippen LogP contribution in [0.1, 0.15) is 32.1 Å². The Morgan fingerprint density at radius 3 is 2.62 bits per heavy atom. The maximum atomic E-state index is 5.02.